The topological polar surface area (TPSA) is 60.0 Å². The van der Waals surface area contributed by atoms with Crippen LogP contribution in [0.2, 0.25) is 0 Å². The number of hydrogen-bond donors (Lipinski definition) is 2. The van der Waals surface area contributed by atoms with Crippen LogP contribution in [0.25, 0.3) is 0 Å². The molecule has 3 N–H and O–H groups in total. The maximum Gasteiger partial charge on any atom is 0.240 e. The average Bonchev–Trinajstić information content (AvgIpc) is 2.78. The first-order chi connectivity index (χ1) is 8.66. The number of thiocarbonyl (C=S) groups is 1. The Morgan fingerprint density at radius 1 is 1.44 bits per heavy atom. The van der Waals surface area contributed by atoms with Crippen LogP contribution in [0.1, 0.15) is 37.8 Å². The molecule has 0 aromatic carbocycles. The molecule has 98 valence electrons. The van der Waals surface area contributed by atoms with Crippen LogP contribution in [-0.2, 0) is 11.3 Å². The predicted molar refractivity (Wildman–Crippen MR) is 75.3 cm³/mol. The lowest BCUT2D eigenvalue weighted by Crippen LogP contribution is -2.38. The molecule has 0 saturated heterocycles. The van der Waals surface area contributed by atoms with Crippen molar-refractivity contribution in [1.29, 1.82) is 0 Å². The minimum absolute atomic E-state index is 0.0376. The molecule has 1 fully saturated rings. The van der Waals surface area contributed by atoms with E-state index in [0.29, 0.717) is 11.0 Å². The fourth-order valence-corrected chi connectivity index (χ4v) is 2.64. The van der Waals surface area contributed by atoms with Crippen molar-refractivity contribution in [3.8, 4) is 0 Å². The van der Waals surface area contributed by atoms with Crippen molar-refractivity contribution < 1.29 is 4.79 Å². The fraction of sp³-hybridized carbons (Fsp3) is 0.538. The van der Waals surface area contributed by atoms with Crippen LogP contribution < -0.4 is 11.1 Å². The highest BCUT2D eigenvalue weighted by molar-refractivity contribution is 7.80. The summed E-state index contributed by atoms with van der Waals surface area (Å²) in [4.78, 5) is 12.3. The largest absolute Gasteiger partial charge is 0.388 e. The van der Waals surface area contributed by atoms with E-state index in [4.69, 9.17) is 18.0 Å². The zero-order chi connectivity index (χ0) is 13.0. The van der Waals surface area contributed by atoms with Crippen molar-refractivity contribution in [1.82, 2.24) is 9.88 Å². The van der Waals surface area contributed by atoms with Gasteiger partial charge in [-0.15, -0.1) is 0 Å². The Labute approximate surface area is 113 Å². The van der Waals surface area contributed by atoms with Gasteiger partial charge < -0.3 is 15.6 Å². The fourth-order valence-electron chi connectivity index (χ4n) is 2.45. The molecule has 1 amide bonds. The Bertz CT molecular complexity index is 435. The summed E-state index contributed by atoms with van der Waals surface area (Å²) in [5.41, 5.74) is 6.34. The van der Waals surface area contributed by atoms with E-state index in [1.807, 2.05) is 18.3 Å². The lowest BCUT2D eigenvalue weighted by atomic mass is 9.95. The molecule has 4 nitrogen and oxygen atoms in total. The Morgan fingerprint density at radius 2 is 2.17 bits per heavy atom. The van der Waals surface area contributed by atoms with E-state index in [2.05, 4.69) is 5.32 Å². The van der Waals surface area contributed by atoms with Gasteiger partial charge in [-0.1, -0.05) is 31.5 Å². The number of rotatable bonds is 4. The Balaban J connectivity index is 1.90. The molecule has 1 aromatic rings. The third-order valence-electron chi connectivity index (χ3n) is 3.37. The predicted octanol–water partition coefficient (Wildman–Crippen LogP) is 1.57. The van der Waals surface area contributed by atoms with Gasteiger partial charge >= 0.3 is 0 Å². The number of carbonyl (C=O) groups is 1. The maximum atomic E-state index is 11.9. The second-order valence-corrected chi connectivity index (χ2v) is 5.23. The van der Waals surface area contributed by atoms with Crippen LogP contribution in [-0.4, -0.2) is 21.5 Å². The quantitative estimate of drug-likeness (QED) is 0.812. The summed E-state index contributed by atoms with van der Waals surface area (Å²) in [6.45, 7) is 0.288. The van der Waals surface area contributed by atoms with Gasteiger partial charge in [0.25, 0.3) is 0 Å². The zero-order valence-electron chi connectivity index (χ0n) is 10.4. The zero-order valence-corrected chi connectivity index (χ0v) is 11.2. The van der Waals surface area contributed by atoms with Gasteiger partial charge in [-0.2, -0.15) is 0 Å². The molecule has 0 aliphatic heterocycles. The highest BCUT2D eigenvalue weighted by atomic mass is 32.1. The summed E-state index contributed by atoms with van der Waals surface area (Å²) in [6, 6.07) is 4.02. The second-order valence-electron chi connectivity index (χ2n) is 4.79. The van der Waals surface area contributed by atoms with E-state index in [1.54, 1.807) is 4.57 Å². The standard InChI is InChI=1S/C13H19N3OS/c14-13(18)11-7-4-8-16(11)9-12(17)15-10-5-2-1-3-6-10/h4,7-8,10H,1-3,5-6,9H2,(H2,14,18)(H,15,17). The van der Waals surface area contributed by atoms with E-state index in [9.17, 15) is 4.79 Å². The molecule has 0 atom stereocenters. The maximum absolute atomic E-state index is 11.9. The van der Waals surface area contributed by atoms with Crippen molar-refractivity contribution in [3.63, 3.8) is 0 Å². The van der Waals surface area contributed by atoms with Crippen molar-refractivity contribution in [2.45, 2.75) is 44.7 Å². The molecular weight excluding hydrogens is 246 g/mol. The van der Waals surface area contributed by atoms with Crippen LogP contribution in [0.4, 0.5) is 0 Å². The van der Waals surface area contributed by atoms with Crippen LogP contribution in [0.3, 0.4) is 0 Å². The third-order valence-corrected chi connectivity index (χ3v) is 3.58. The highest BCUT2D eigenvalue weighted by Gasteiger charge is 2.16. The van der Waals surface area contributed by atoms with E-state index in [-0.39, 0.29) is 12.5 Å². The highest BCUT2D eigenvalue weighted by Crippen LogP contribution is 2.17. The summed E-state index contributed by atoms with van der Waals surface area (Å²) in [5, 5.41) is 3.08. The summed E-state index contributed by atoms with van der Waals surface area (Å²) >= 11 is 4.94. The summed E-state index contributed by atoms with van der Waals surface area (Å²) in [5.74, 6) is 0.0376. The minimum atomic E-state index is 0.0376. The number of hydrogen-bond acceptors (Lipinski definition) is 2. The van der Waals surface area contributed by atoms with Crippen LogP contribution in [0, 0.1) is 0 Å². The first-order valence-corrected chi connectivity index (χ1v) is 6.82. The number of nitrogens with zero attached hydrogens (tertiary/aromatic N) is 1. The molecule has 18 heavy (non-hydrogen) atoms. The van der Waals surface area contributed by atoms with E-state index in [0.717, 1.165) is 18.5 Å². The SMILES string of the molecule is NC(=S)c1cccn1CC(=O)NC1CCCCC1. The van der Waals surface area contributed by atoms with Crippen LogP contribution in [0.15, 0.2) is 18.3 Å². The Morgan fingerprint density at radius 3 is 2.83 bits per heavy atom. The molecule has 2 rings (SSSR count). The molecule has 0 unspecified atom stereocenters. The van der Waals surface area contributed by atoms with Crippen molar-refractivity contribution in [2.24, 2.45) is 5.73 Å². The normalized spacial score (nSPS) is 16.4. The van der Waals surface area contributed by atoms with Crippen LogP contribution in [0.5, 0.6) is 0 Å². The second kappa shape index (κ2) is 6.00. The summed E-state index contributed by atoms with van der Waals surface area (Å²) in [6.07, 6.45) is 7.74. The van der Waals surface area contributed by atoms with Gasteiger partial charge in [-0.3, -0.25) is 4.79 Å². The number of aromatic nitrogens is 1. The van der Waals surface area contributed by atoms with E-state index >= 15 is 0 Å². The van der Waals surface area contributed by atoms with Gasteiger partial charge in [0.05, 0.1) is 5.69 Å². The van der Waals surface area contributed by atoms with Crippen LogP contribution >= 0.6 is 12.2 Å². The van der Waals surface area contributed by atoms with Crippen molar-refractivity contribution in [3.05, 3.63) is 24.0 Å². The van der Waals surface area contributed by atoms with Gasteiger partial charge in [0.1, 0.15) is 11.5 Å². The first kappa shape index (κ1) is 13.1. The van der Waals surface area contributed by atoms with Gasteiger partial charge in [-0.25, -0.2) is 0 Å². The number of amides is 1. The minimum Gasteiger partial charge on any atom is -0.388 e. The summed E-state index contributed by atoms with van der Waals surface area (Å²) < 4.78 is 1.79. The molecule has 0 spiro atoms. The van der Waals surface area contributed by atoms with Gasteiger partial charge in [-0.05, 0) is 25.0 Å². The molecule has 1 heterocycles. The first-order valence-electron chi connectivity index (χ1n) is 6.41. The smallest absolute Gasteiger partial charge is 0.240 e. The van der Waals surface area contributed by atoms with E-state index in [1.165, 1.54) is 19.3 Å². The van der Waals surface area contributed by atoms with Crippen molar-refractivity contribution >= 4 is 23.1 Å². The average molecular weight is 265 g/mol. The molecule has 1 aliphatic carbocycles. The Kier molecular flexibility index (Phi) is 4.36. The molecule has 1 aromatic heterocycles. The van der Waals surface area contributed by atoms with Gasteiger partial charge in [0.2, 0.25) is 5.91 Å². The Hall–Kier alpha value is -1.36. The molecule has 1 aliphatic rings. The van der Waals surface area contributed by atoms with Gasteiger partial charge in [0, 0.05) is 12.2 Å². The third kappa shape index (κ3) is 3.32. The van der Waals surface area contributed by atoms with E-state index < -0.39 is 0 Å². The molecular formula is C13H19N3OS. The monoisotopic (exact) mass is 265 g/mol. The molecule has 0 bridgehead atoms. The number of nitrogens with one attached hydrogen (secondary N) is 1. The number of nitrogens with two attached hydrogens (primary N) is 1. The van der Waals surface area contributed by atoms with Gasteiger partial charge in [0.15, 0.2) is 0 Å². The molecule has 0 radical (unpaired) electrons. The lowest BCUT2D eigenvalue weighted by molar-refractivity contribution is -0.122. The molecule has 5 heteroatoms. The summed E-state index contributed by atoms with van der Waals surface area (Å²) in [7, 11) is 0. The van der Waals surface area contributed by atoms with Crippen molar-refractivity contribution in [2.75, 3.05) is 0 Å². The lowest BCUT2D eigenvalue weighted by Gasteiger charge is -2.23. The molecule has 1 saturated carbocycles. The number of carbonyl (C=O) groups excluding carboxylic acids is 1.